The van der Waals surface area contributed by atoms with Crippen LogP contribution in [0.5, 0.6) is 0 Å². The Balaban J connectivity index is 1.37. The van der Waals surface area contributed by atoms with Gasteiger partial charge in [0.2, 0.25) is 11.8 Å². The molecule has 0 radical (unpaired) electrons. The van der Waals surface area contributed by atoms with E-state index < -0.39 is 5.91 Å². The lowest BCUT2D eigenvalue weighted by molar-refractivity contribution is -0.121. The Morgan fingerprint density at radius 2 is 1.93 bits per heavy atom. The van der Waals surface area contributed by atoms with Gasteiger partial charge in [-0.1, -0.05) is 24.3 Å². The van der Waals surface area contributed by atoms with Crippen LogP contribution in [0.3, 0.4) is 0 Å². The van der Waals surface area contributed by atoms with Crippen LogP contribution >= 0.6 is 0 Å². The molecule has 4 rings (SSSR count). The van der Waals surface area contributed by atoms with Crippen molar-refractivity contribution in [2.24, 2.45) is 0 Å². The standard InChI is InChI=1S/C21H20N4O3/c26-19(12-15-13-22-18-8-2-1-7-17(15)18)23-24-21(28)14-5-3-6-16(11-14)25-10-4-9-20(25)27/h1-3,5-8,11,13,22H,4,9-10,12H2,(H,23,26)(H,24,28). The molecule has 3 aromatic rings. The normalized spacial score (nSPS) is 13.7. The van der Waals surface area contributed by atoms with Crippen molar-refractivity contribution in [3.63, 3.8) is 0 Å². The van der Waals surface area contributed by atoms with Crippen molar-refractivity contribution in [3.05, 3.63) is 65.9 Å². The maximum absolute atomic E-state index is 12.4. The molecule has 0 unspecified atom stereocenters. The van der Waals surface area contributed by atoms with E-state index in [0.29, 0.717) is 24.2 Å². The summed E-state index contributed by atoms with van der Waals surface area (Å²) in [7, 11) is 0. The fourth-order valence-corrected chi connectivity index (χ4v) is 3.43. The number of carbonyl (C=O) groups excluding carboxylic acids is 3. The molecular weight excluding hydrogens is 356 g/mol. The first-order chi connectivity index (χ1) is 13.6. The van der Waals surface area contributed by atoms with Gasteiger partial charge in [0.15, 0.2) is 0 Å². The highest BCUT2D eigenvalue weighted by Gasteiger charge is 2.22. The van der Waals surface area contributed by atoms with Crippen molar-refractivity contribution >= 4 is 34.3 Å². The Bertz CT molecular complexity index is 1060. The van der Waals surface area contributed by atoms with Gasteiger partial charge in [0.25, 0.3) is 5.91 Å². The van der Waals surface area contributed by atoms with Crippen molar-refractivity contribution in [1.29, 1.82) is 0 Å². The largest absolute Gasteiger partial charge is 0.361 e. The Labute approximate surface area is 161 Å². The summed E-state index contributed by atoms with van der Waals surface area (Å²) in [5.41, 5.74) is 7.78. The van der Waals surface area contributed by atoms with Gasteiger partial charge in [-0.15, -0.1) is 0 Å². The molecule has 0 aliphatic carbocycles. The lowest BCUT2D eigenvalue weighted by atomic mass is 10.1. The number of aromatic amines is 1. The Morgan fingerprint density at radius 1 is 1.07 bits per heavy atom. The molecule has 7 heteroatoms. The van der Waals surface area contributed by atoms with Crippen LogP contribution in [-0.2, 0) is 16.0 Å². The number of rotatable bonds is 4. The van der Waals surface area contributed by atoms with E-state index in [0.717, 1.165) is 22.9 Å². The predicted octanol–water partition coefficient (Wildman–Crippen LogP) is 2.30. The third kappa shape index (κ3) is 3.59. The number of hydrazine groups is 1. The number of nitrogens with one attached hydrogen (secondary N) is 3. The Kier molecular flexibility index (Phi) is 4.80. The summed E-state index contributed by atoms with van der Waals surface area (Å²) in [4.78, 5) is 41.3. The van der Waals surface area contributed by atoms with Crippen LogP contribution in [0.25, 0.3) is 10.9 Å². The zero-order valence-electron chi connectivity index (χ0n) is 15.2. The molecule has 0 bridgehead atoms. The van der Waals surface area contributed by atoms with Gasteiger partial charge in [-0.2, -0.15) is 0 Å². The number of hydrogen-bond acceptors (Lipinski definition) is 3. The molecule has 3 N–H and O–H groups in total. The topological polar surface area (TPSA) is 94.3 Å². The maximum Gasteiger partial charge on any atom is 0.269 e. The van der Waals surface area contributed by atoms with E-state index in [1.165, 1.54) is 0 Å². The zero-order valence-corrected chi connectivity index (χ0v) is 15.2. The van der Waals surface area contributed by atoms with Crippen LogP contribution in [-0.4, -0.2) is 29.3 Å². The molecule has 1 aromatic heterocycles. The maximum atomic E-state index is 12.4. The van der Waals surface area contributed by atoms with Crippen LogP contribution in [0.1, 0.15) is 28.8 Å². The lowest BCUT2D eigenvalue weighted by Crippen LogP contribution is -2.42. The summed E-state index contributed by atoms with van der Waals surface area (Å²) < 4.78 is 0. The van der Waals surface area contributed by atoms with Gasteiger partial charge in [-0.3, -0.25) is 25.2 Å². The van der Waals surface area contributed by atoms with E-state index in [1.807, 2.05) is 24.3 Å². The zero-order chi connectivity index (χ0) is 19.5. The van der Waals surface area contributed by atoms with E-state index in [1.54, 1.807) is 35.4 Å². The monoisotopic (exact) mass is 376 g/mol. The van der Waals surface area contributed by atoms with Crippen molar-refractivity contribution in [3.8, 4) is 0 Å². The number of anilines is 1. The van der Waals surface area contributed by atoms with Gasteiger partial charge in [0.1, 0.15) is 0 Å². The highest BCUT2D eigenvalue weighted by molar-refractivity contribution is 5.99. The second kappa shape index (κ2) is 7.56. The number of nitrogens with zero attached hydrogens (tertiary/aromatic N) is 1. The van der Waals surface area contributed by atoms with E-state index >= 15 is 0 Å². The summed E-state index contributed by atoms with van der Waals surface area (Å²) in [5.74, 6) is -0.686. The molecule has 1 saturated heterocycles. The number of fused-ring (bicyclic) bond motifs is 1. The third-order valence-electron chi connectivity index (χ3n) is 4.83. The molecule has 7 nitrogen and oxygen atoms in total. The number of benzene rings is 2. The van der Waals surface area contributed by atoms with Crippen molar-refractivity contribution in [1.82, 2.24) is 15.8 Å². The molecule has 3 amide bonds. The number of aromatic nitrogens is 1. The Hall–Kier alpha value is -3.61. The van der Waals surface area contributed by atoms with Gasteiger partial charge in [-0.05, 0) is 36.2 Å². The molecule has 1 fully saturated rings. The first kappa shape index (κ1) is 17.8. The minimum absolute atomic E-state index is 0.0598. The lowest BCUT2D eigenvalue weighted by Gasteiger charge is -2.16. The highest BCUT2D eigenvalue weighted by atomic mass is 16.2. The average Bonchev–Trinajstić information content (AvgIpc) is 3.33. The average molecular weight is 376 g/mol. The third-order valence-corrected chi connectivity index (χ3v) is 4.83. The van der Waals surface area contributed by atoms with Crippen LogP contribution in [0.15, 0.2) is 54.7 Å². The Morgan fingerprint density at radius 3 is 2.75 bits per heavy atom. The van der Waals surface area contributed by atoms with Crippen LogP contribution in [0.2, 0.25) is 0 Å². The molecular formula is C21H20N4O3. The van der Waals surface area contributed by atoms with E-state index in [9.17, 15) is 14.4 Å². The van der Waals surface area contributed by atoms with E-state index in [4.69, 9.17) is 0 Å². The summed E-state index contributed by atoms with van der Waals surface area (Å²) in [6.45, 7) is 0.658. The number of carbonyl (C=O) groups is 3. The van der Waals surface area contributed by atoms with Gasteiger partial charge in [0.05, 0.1) is 6.42 Å². The minimum atomic E-state index is -0.430. The molecule has 0 spiro atoms. The van der Waals surface area contributed by atoms with Gasteiger partial charge < -0.3 is 9.88 Å². The van der Waals surface area contributed by atoms with E-state index in [2.05, 4.69) is 15.8 Å². The minimum Gasteiger partial charge on any atom is -0.361 e. The molecule has 0 saturated carbocycles. The highest BCUT2D eigenvalue weighted by Crippen LogP contribution is 2.22. The fraction of sp³-hybridized carbons (Fsp3) is 0.190. The van der Waals surface area contributed by atoms with Crippen molar-refractivity contribution < 1.29 is 14.4 Å². The van der Waals surface area contributed by atoms with Crippen molar-refractivity contribution in [2.45, 2.75) is 19.3 Å². The molecule has 2 heterocycles. The molecule has 28 heavy (non-hydrogen) atoms. The second-order valence-corrected chi connectivity index (χ2v) is 6.74. The van der Waals surface area contributed by atoms with Gasteiger partial charge in [-0.25, -0.2) is 0 Å². The number of H-pyrrole nitrogens is 1. The van der Waals surface area contributed by atoms with Crippen LogP contribution in [0, 0.1) is 0 Å². The molecule has 0 atom stereocenters. The summed E-state index contributed by atoms with van der Waals surface area (Å²) in [6.07, 6.45) is 3.29. The summed E-state index contributed by atoms with van der Waals surface area (Å²) in [5, 5.41) is 0.979. The SMILES string of the molecule is O=C(Cc1c[nH]c2ccccc12)NNC(=O)c1cccc(N2CCCC2=O)c1. The van der Waals surface area contributed by atoms with Gasteiger partial charge in [0, 0.05) is 41.3 Å². The summed E-state index contributed by atoms with van der Waals surface area (Å²) >= 11 is 0. The number of amides is 3. The first-order valence-corrected chi connectivity index (χ1v) is 9.16. The number of hydrogen-bond donors (Lipinski definition) is 3. The fourth-order valence-electron chi connectivity index (χ4n) is 3.43. The number of para-hydroxylation sites is 1. The van der Waals surface area contributed by atoms with E-state index in [-0.39, 0.29) is 18.2 Å². The molecule has 1 aliphatic heterocycles. The van der Waals surface area contributed by atoms with Crippen LogP contribution < -0.4 is 15.8 Å². The van der Waals surface area contributed by atoms with Crippen molar-refractivity contribution in [2.75, 3.05) is 11.4 Å². The van der Waals surface area contributed by atoms with Gasteiger partial charge >= 0.3 is 0 Å². The molecule has 142 valence electrons. The quantitative estimate of drug-likeness (QED) is 0.610. The smallest absolute Gasteiger partial charge is 0.269 e. The summed E-state index contributed by atoms with van der Waals surface area (Å²) in [6, 6.07) is 14.5. The first-order valence-electron chi connectivity index (χ1n) is 9.16. The molecule has 2 aromatic carbocycles. The van der Waals surface area contributed by atoms with Crippen LogP contribution in [0.4, 0.5) is 5.69 Å². The second-order valence-electron chi connectivity index (χ2n) is 6.74. The molecule has 1 aliphatic rings. The predicted molar refractivity (Wildman–Crippen MR) is 106 cm³/mol.